The zero-order valence-electron chi connectivity index (χ0n) is 14.3. The second-order valence-electron chi connectivity index (χ2n) is 5.32. The minimum atomic E-state index is 0.544. The number of aromatic nitrogens is 1. The Hall–Kier alpha value is -3.39. The molecular formula is C20H18N2O3. The van der Waals surface area contributed by atoms with Crippen molar-refractivity contribution in [3.05, 3.63) is 53.7 Å². The van der Waals surface area contributed by atoms with E-state index in [1.54, 1.807) is 21.3 Å². The quantitative estimate of drug-likeness (QED) is 0.703. The smallest absolute Gasteiger partial charge is 0.203 e. The molecule has 0 aliphatic rings. The van der Waals surface area contributed by atoms with E-state index in [9.17, 15) is 5.26 Å². The van der Waals surface area contributed by atoms with Gasteiger partial charge in [-0.15, -0.1) is 0 Å². The standard InChI is InChI=1S/C20H18N2O3/c1-23-18-9-8-14(19(24-2)20(18)25-3)10-11-22-13-15(12-21)16-6-4-5-7-17(16)22/h4-11,13H,1-3H3. The molecule has 2 aromatic carbocycles. The van der Waals surface area contributed by atoms with Crippen LogP contribution in [0.25, 0.3) is 23.2 Å². The van der Waals surface area contributed by atoms with E-state index in [1.165, 1.54) is 0 Å². The van der Waals surface area contributed by atoms with Gasteiger partial charge in [-0.2, -0.15) is 5.26 Å². The average Bonchev–Trinajstić information content (AvgIpc) is 3.03. The van der Waals surface area contributed by atoms with Crippen LogP contribution in [0, 0.1) is 11.3 Å². The van der Waals surface area contributed by atoms with Crippen LogP contribution in [-0.2, 0) is 0 Å². The molecule has 25 heavy (non-hydrogen) atoms. The predicted molar refractivity (Wildman–Crippen MR) is 98.0 cm³/mol. The highest BCUT2D eigenvalue weighted by Gasteiger charge is 2.14. The fraction of sp³-hybridized carbons (Fsp3) is 0.150. The molecule has 0 atom stereocenters. The van der Waals surface area contributed by atoms with E-state index in [0.717, 1.165) is 16.5 Å². The minimum absolute atomic E-state index is 0.544. The Kier molecular flexibility index (Phi) is 4.62. The molecule has 0 N–H and O–H groups in total. The Morgan fingerprint density at radius 1 is 0.960 bits per heavy atom. The fourth-order valence-electron chi connectivity index (χ4n) is 2.83. The third-order valence-corrected chi connectivity index (χ3v) is 4.01. The molecule has 0 spiro atoms. The number of para-hydroxylation sites is 1. The first-order chi connectivity index (χ1) is 12.2. The Balaban J connectivity index is 2.08. The Labute approximate surface area is 146 Å². The first-order valence-electron chi connectivity index (χ1n) is 7.70. The van der Waals surface area contributed by atoms with Crippen molar-refractivity contribution in [3.8, 4) is 23.3 Å². The predicted octanol–water partition coefficient (Wildman–Crippen LogP) is 4.17. The van der Waals surface area contributed by atoms with Crippen molar-refractivity contribution in [1.82, 2.24) is 4.57 Å². The van der Waals surface area contributed by atoms with Gasteiger partial charge in [0.15, 0.2) is 11.5 Å². The van der Waals surface area contributed by atoms with Crippen molar-refractivity contribution in [2.24, 2.45) is 0 Å². The summed E-state index contributed by atoms with van der Waals surface area (Å²) in [7, 11) is 4.75. The highest BCUT2D eigenvalue weighted by atomic mass is 16.5. The summed E-state index contributed by atoms with van der Waals surface area (Å²) in [5.41, 5.74) is 2.45. The van der Waals surface area contributed by atoms with Gasteiger partial charge in [0, 0.05) is 23.3 Å². The molecule has 0 saturated carbocycles. The van der Waals surface area contributed by atoms with Crippen molar-refractivity contribution >= 4 is 23.2 Å². The van der Waals surface area contributed by atoms with Crippen molar-refractivity contribution in [3.63, 3.8) is 0 Å². The molecule has 1 heterocycles. The van der Waals surface area contributed by atoms with Gasteiger partial charge in [0.2, 0.25) is 5.75 Å². The van der Waals surface area contributed by atoms with Crippen LogP contribution in [0.1, 0.15) is 11.1 Å². The highest BCUT2D eigenvalue weighted by Crippen LogP contribution is 2.40. The van der Waals surface area contributed by atoms with Crippen LogP contribution in [0.2, 0.25) is 0 Å². The summed E-state index contributed by atoms with van der Waals surface area (Å²) in [6.45, 7) is 0. The molecule has 0 saturated heterocycles. The number of ether oxygens (including phenoxy) is 3. The third kappa shape index (κ3) is 2.90. The minimum Gasteiger partial charge on any atom is -0.493 e. The zero-order chi connectivity index (χ0) is 17.8. The lowest BCUT2D eigenvalue weighted by atomic mass is 10.1. The first kappa shape index (κ1) is 16.5. The van der Waals surface area contributed by atoms with Crippen LogP contribution >= 0.6 is 0 Å². The van der Waals surface area contributed by atoms with Crippen LogP contribution in [0.15, 0.2) is 42.6 Å². The fourth-order valence-corrected chi connectivity index (χ4v) is 2.83. The molecule has 126 valence electrons. The molecule has 0 fully saturated rings. The number of hydrogen-bond acceptors (Lipinski definition) is 4. The number of fused-ring (bicyclic) bond motifs is 1. The highest BCUT2D eigenvalue weighted by molar-refractivity contribution is 5.89. The zero-order valence-corrected chi connectivity index (χ0v) is 14.3. The second kappa shape index (κ2) is 7.02. The van der Waals surface area contributed by atoms with Gasteiger partial charge in [0.25, 0.3) is 0 Å². The number of methoxy groups -OCH3 is 3. The summed E-state index contributed by atoms with van der Waals surface area (Å²) in [5.74, 6) is 1.74. The monoisotopic (exact) mass is 334 g/mol. The molecule has 0 unspecified atom stereocenters. The third-order valence-electron chi connectivity index (χ3n) is 4.01. The van der Waals surface area contributed by atoms with E-state index in [4.69, 9.17) is 14.2 Å². The molecule has 0 aliphatic carbocycles. The SMILES string of the molecule is COc1ccc(C=Cn2cc(C#N)c3ccccc32)c(OC)c1OC. The van der Waals surface area contributed by atoms with Gasteiger partial charge in [-0.25, -0.2) is 0 Å². The molecule has 0 radical (unpaired) electrons. The van der Waals surface area contributed by atoms with Gasteiger partial charge >= 0.3 is 0 Å². The van der Waals surface area contributed by atoms with Crippen LogP contribution in [-0.4, -0.2) is 25.9 Å². The van der Waals surface area contributed by atoms with Crippen molar-refractivity contribution in [1.29, 1.82) is 5.26 Å². The first-order valence-corrected chi connectivity index (χ1v) is 7.70. The largest absolute Gasteiger partial charge is 0.493 e. The van der Waals surface area contributed by atoms with Gasteiger partial charge in [-0.05, 0) is 24.3 Å². The van der Waals surface area contributed by atoms with Gasteiger partial charge in [-0.3, -0.25) is 0 Å². The molecule has 0 aliphatic heterocycles. The maximum absolute atomic E-state index is 9.30. The van der Waals surface area contributed by atoms with E-state index in [0.29, 0.717) is 22.8 Å². The van der Waals surface area contributed by atoms with Crippen LogP contribution in [0.4, 0.5) is 0 Å². The topological polar surface area (TPSA) is 56.4 Å². The lowest BCUT2D eigenvalue weighted by molar-refractivity contribution is 0.324. The van der Waals surface area contributed by atoms with Crippen molar-refractivity contribution in [2.45, 2.75) is 0 Å². The molecule has 3 rings (SSSR count). The van der Waals surface area contributed by atoms with E-state index in [1.807, 2.05) is 59.4 Å². The summed E-state index contributed by atoms with van der Waals surface area (Å²) >= 11 is 0. The summed E-state index contributed by atoms with van der Waals surface area (Å²) in [6.07, 6.45) is 5.62. The normalized spacial score (nSPS) is 10.8. The second-order valence-corrected chi connectivity index (χ2v) is 5.32. The molecule has 0 bridgehead atoms. The molecule has 0 amide bonds. The summed E-state index contributed by atoms with van der Waals surface area (Å²) < 4.78 is 18.1. The lowest BCUT2D eigenvalue weighted by Gasteiger charge is -2.14. The summed E-state index contributed by atoms with van der Waals surface area (Å²) in [4.78, 5) is 0. The number of nitriles is 1. The van der Waals surface area contributed by atoms with Gasteiger partial charge in [-0.1, -0.05) is 18.2 Å². The van der Waals surface area contributed by atoms with Crippen molar-refractivity contribution in [2.75, 3.05) is 21.3 Å². The Morgan fingerprint density at radius 3 is 2.40 bits per heavy atom. The number of benzene rings is 2. The molecule has 3 aromatic rings. The van der Waals surface area contributed by atoms with Gasteiger partial charge in [0.1, 0.15) is 6.07 Å². The van der Waals surface area contributed by atoms with Gasteiger partial charge in [0.05, 0.1) is 32.4 Å². The van der Waals surface area contributed by atoms with E-state index in [2.05, 4.69) is 6.07 Å². The van der Waals surface area contributed by atoms with E-state index < -0.39 is 0 Å². The van der Waals surface area contributed by atoms with E-state index >= 15 is 0 Å². The lowest BCUT2D eigenvalue weighted by Crippen LogP contribution is -1.96. The molecule has 5 nitrogen and oxygen atoms in total. The number of rotatable bonds is 5. The summed E-state index contributed by atoms with van der Waals surface area (Å²) in [6, 6.07) is 13.7. The molecule has 5 heteroatoms. The van der Waals surface area contributed by atoms with Crippen LogP contribution in [0.5, 0.6) is 17.2 Å². The Bertz CT molecular complexity index is 981. The van der Waals surface area contributed by atoms with Crippen LogP contribution in [0.3, 0.4) is 0 Å². The summed E-state index contributed by atoms with van der Waals surface area (Å²) in [5, 5.41) is 10.2. The van der Waals surface area contributed by atoms with Crippen molar-refractivity contribution < 1.29 is 14.2 Å². The molecular weight excluding hydrogens is 316 g/mol. The maximum atomic E-state index is 9.30. The van der Waals surface area contributed by atoms with E-state index in [-0.39, 0.29) is 0 Å². The van der Waals surface area contributed by atoms with Crippen LogP contribution < -0.4 is 14.2 Å². The Morgan fingerprint density at radius 2 is 1.72 bits per heavy atom. The maximum Gasteiger partial charge on any atom is 0.203 e. The number of hydrogen-bond donors (Lipinski definition) is 0. The molecule has 1 aromatic heterocycles. The van der Waals surface area contributed by atoms with Gasteiger partial charge < -0.3 is 18.8 Å². The number of nitrogens with zero attached hydrogens (tertiary/aromatic N) is 2. The average molecular weight is 334 g/mol.